The number of aliphatic hydroxyl groups excluding tert-OH is 1. The Morgan fingerprint density at radius 1 is 0.960 bits per heavy atom. The molecule has 0 saturated carbocycles. The van der Waals surface area contributed by atoms with Crippen LogP contribution in [0.1, 0.15) is 20.6 Å². The molecule has 2 aromatic heterocycles. The number of para-hydroxylation sites is 1. The van der Waals surface area contributed by atoms with Gasteiger partial charge in [-0.2, -0.15) is 0 Å². The molecule has 1 aliphatic heterocycles. The molecule has 0 spiro atoms. The van der Waals surface area contributed by atoms with Crippen molar-refractivity contribution in [2.75, 3.05) is 4.90 Å². The van der Waals surface area contributed by atoms with E-state index in [9.17, 15) is 14.7 Å². The van der Waals surface area contributed by atoms with Crippen LogP contribution in [0.15, 0.2) is 76.7 Å². The summed E-state index contributed by atoms with van der Waals surface area (Å²) in [5.41, 5.74) is 0.783. The van der Waals surface area contributed by atoms with Crippen LogP contribution in [-0.4, -0.2) is 16.8 Å². The number of hydrogen-bond donors (Lipinski definition) is 1. The van der Waals surface area contributed by atoms with Crippen molar-refractivity contribution in [2.45, 2.75) is 6.04 Å². The van der Waals surface area contributed by atoms with Crippen LogP contribution in [0, 0.1) is 0 Å². The van der Waals surface area contributed by atoms with Crippen molar-refractivity contribution in [3.8, 4) is 0 Å². The summed E-state index contributed by atoms with van der Waals surface area (Å²) in [6.07, 6.45) is 0. The van der Waals surface area contributed by atoms with Gasteiger partial charge in [0.05, 0.1) is 10.5 Å². The number of aliphatic hydroxyl groups is 1. The van der Waals surface area contributed by atoms with E-state index in [1.807, 2.05) is 35.7 Å². The van der Waals surface area contributed by atoms with Crippen molar-refractivity contribution < 1.29 is 14.7 Å². The van der Waals surface area contributed by atoms with E-state index in [0.29, 0.717) is 10.6 Å². The maximum Gasteiger partial charge on any atom is 0.294 e. The molecular weight excluding hydrogens is 354 g/mol. The summed E-state index contributed by atoms with van der Waals surface area (Å²) in [7, 11) is 0. The maximum atomic E-state index is 13.0. The van der Waals surface area contributed by atoms with Gasteiger partial charge in [0.1, 0.15) is 6.04 Å². The van der Waals surface area contributed by atoms with Gasteiger partial charge in [-0.25, -0.2) is 0 Å². The van der Waals surface area contributed by atoms with Crippen molar-refractivity contribution in [1.29, 1.82) is 0 Å². The fourth-order valence-electron chi connectivity index (χ4n) is 2.95. The van der Waals surface area contributed by atoms with Gasteiger partial charge in [-0.3, -0.25) is 14.5 Å². The quantitative estimate of drug-likeness (QED) is 0.686. The molecule has 3 aromatic rings. The lowest BCUT2D eigenvalue weighted by atomic mass is 10.0. The number of Topliss-reactive ketones (excluding diaryl/α,β-unsaturated/α-hetero) is 1. The van der Waals surface area contributed by atoms with Crippen molar-refractivity contribution >= 4 is 40.1 Å². The number of rotatable bonds is 4. The van der Waals surface area contributed by atoms with Crippen LogP contribution in [0.4, 0.5) is 5.69 Å². The van der Waals surface area contributed by atoms with Gasteiger partial charge in [0.2, 0.25) is 5.78 Å². The van der Waals surface area contributed by atoms with Gasteiger partial charge in [-0.05, 0) is 35.0 Å². The molecule has 124 valence electrons. The molecule has 1 atom stereocenters. The predicted molar refractivity (Wildman–Crippen MR) is 99.3 cm³/mol. The molecule has 0 fully saturated rings. The molecule has 25 heavy (non-hydrogen) atoms. The molecule has 4 rings (SSSR count). The number of carbonyl (C=O) groups excluding carboxylic acids is 2. The molecule has 1 N–H and O–H groups in total. The van der Waals surface area contributed by atoms with Crippen molar-refractivity contribution in [2.24, 2.45) is 0 Å². The molecule has 3 heterocycles. The lowest BCUT2D eigenvalue weighted by molar-refractivity contribution is -0.117. The van der Waals surface area contributed by atoms with Crippen LogP contribution in [0.2, 0.25) is 0 Å². The first kappa shape index (κ1) is 15.8. The van der Waals surface area contributed by atoms with Crippen LogP contribution in [0.3, 0.4) is 0 Å². The second-order valence-corrected chi connectivity index (χ2v) is 7.42. The van der Waals surface area contributed by atoms with Crippen LogP contribution < -0.4 is 4.90 Å². The van der Waals surface area contributed by atoms with E-state index in [2.05, 4.69) is 0 Å². The topological polar surface area (TPSA) is 57.6 Å². The number of benzene rings is 1. The molecule has 0 aliphatic carbocycles. The molecule has 0 radical (unpaired) electrons. The molecule has 0 bridgehead atoms. The van der Waals surface area contributed by atoms with E-state index >= 15 is 0 Å². The first-order chi connectivity index (χ1) is 12.2. The summed E-state index contributed by atoms with van der Waals surface area (Å²) in [5.74, 6) is -1.33. The zero-order chi connectivity index (χ0) is 17.4. The van der Waals surface area contributed by atoms with Gasteiger partial charge in [-0.1, -0.05) is 30.3 Å². The Bertz CT molecular complexity index is 944. The second kappa shape index (κ2) is 6.31. The fourth-order valence-corrected chi connectivity index (χ4v) is 4.45. The van der Waals surface area contributed by atoms with Gasteiger partial charge in [0.15, 0.2) is 5.76 Å². The van der Waals surface area contributed by atoms with E-state index in [4.69, 9.17) is 0 Å². The number of hydrogen-bond acceptors (Lipinski definition) is 5. The Morgan fingerprint density at radius 3 is 2.32 bits per heavy atom. The third-order valence-electron chi connectivity index (χ3n) is 4.04. The largest absolute Gasteiger partial charge is 0.503 e. The SMILES string of the molecule is O=C(C1=C(O)C(=O)N(c2ccccc2)C1c1cccs1)c1cccs1. The number of ketones is 1. The monoisotopic (exact) mass is 367 g/mol. The normalized spacial score (nSPS) is 17.4. The molecule has 1 unspecified atom stereocenters. The Labute approximate surface area is 152 Å². The highest BCUT2D eigenvalue weighted by Gasteiger charge is 2.45. The average Bonchev–Trinajstić information content (AvgIpc) is 3.37. The summed E-state index contributed by atoms with van der Waals surface area (Å²) in [5, 5.41) is 14.2. The zero-order valence-corrected chi connectivity index (χ0v) is 14.6. The molecular formula is C19H13NO3S2. The van der Waals surface area contributed by atoms with E-state index in [1.165, 1.54) is 27.6 Å². The smallest absolute Gasteiger partial charge is 0.294 e. The van der Waals surface area contributed by atoms with E-state index in [0.717, 1.165) is 4.88 Å². The second-order valence-electron chi connectivity index (χ2n) is 5.50. The minimum Gasteiger partial charge on any atom is -0.503 e. The summed E-state index contributed by atoms with van der Waals surface area (Å²) < 4.78 is 0. The molecule has 1 aliphatic rings. The van der Waals surface area contributed by atoms with E-state index < -0.39 is 17.7 Å². The highest BCUT2D eigenvalue weighted by atomic mass is 32.1. The number of anilines is 1. The fraction of sp³-hybridized carbons (Fsp3) is 0.0526. The van der Waals surface area contributed by atoms with Crippen LogP contribution in [-0.2, 0) is 4.79 Å². The van der Waals surface area contributed by atoms with Crippen LogP contribution in [0.25, 0.3) is 0 Å². The van der Waals surface area contributed by atoms with Gasteiger partial charge >= 0.3 is 0 Å². The van der Waals surface area contributed by atoms with Gasteiger partial charge in [0.25, 0.3) is 5.91 Å². The predicted octanol–water partition coefficient (Wildman–Crippen LogP) is 4.59. The average molecular weight is 367 g/mol. The molecule has 0 saturated heterocycles. The van der Waals surface area contributed by atoms with Crippen molar-refractivity contribution in [3.63, 3.8) is 0 Å². The number of carbonyl (C=O) groups is 2. The Kier molecular flexibility index (Phi) is 3.99. The minimum absolute atomic E-state index is 0.138. The Balaban J connectivity index is 1.87. The lowest BCUT2D eigenvalue weighted by Gasteiger charge is -2.25. The Morgan fingerprint density at radius 2 is 1.68 bits per heavy atom. The lowest BCUT2D eigenvalue weighted by Crippen LogP contribution is -2.30. The third-order valence-corrected chi connectivity index (χ3v) is 5.84. The van der Waals surface area contributed by atoms with Crippen molar-refractivity contribution in [3.05, 3.63) is 86.4 Å². The number of amides is 1. The molecule has 1 amide bonds. The highest BCUT2D eigenvalue weighted by molar-refractivity contribution is 7.12. The van der Waals surface area contributed by atoms with E-state index in [1.54, 1.807) is 29.6 Å². The Hall–Kier alpha value is -2.70. The van der Waals surface area contributed by atoms with E-state index in [-0.39, 0.29) is 11.4 Å². The standard InChI is InChI=1S/C19H13NO3S2/c21-17(14-9-5-11-25-14)15-16(13-8-4-10-24-13)20(19(23)18(15)22)12-6-2-1-3-7-12/h1-11,16,22H. The summed E-state index contributed by atoms with van der Waals surface area (Å²) in [6, 6.07) is 15.7. The third kappa shape index (κ3) is 2.59. The summed E-state index contributed by atoms with van der Waals surface area (Å²) in [6.45, 7) is 0. The van der Waals surface area contributed by atoms with Gasteiger partial charge in [0, 0.05) is 10.6 Å². The molecule has 1 aromatic carbocycles. The molecule has 4 nitrogen and oxygen atoms in total. The zero-order valence-electron chi connectivity index (χ0n) is 13.0. The summed E-state index contributed by atoms with van der Waals surface area (Å²) in [4.78, 5) is 28.6. The highest BCUT2D eigenvalue weighted by Crippen LogP contribution is 2.43. The minimum atomic E-state index is -0.621. The van der Waals surface area contributed by atoms with Gasteiger partial charge < -0.3 is 5.11 Å². The van der Waals surface area contributed by atoms with Crippen LogP contribution in [0.5, 0.6) is 0 Å². The first-order valence-corrected chi connectivity index (χ1v) is 9.37. The number of thiophene rings is 2. The van der Waals surface area contributed by atoms with Crippen LogP contribution >= 0.6 is 22.7 Å². The molecule has 6 heteroatoms. The van der Waals surface area contributed by atoms with Crippen molar-refractivity contribution in [1.82, 2.24) is 0 Å². The van der Waals surface area contributed by atoms with Gasteiger partial charge in [-0.15, -0.1) is 22.7 Å². The summed E-state index contributed by atoms with van der Waals surface area (Å²) >= 11 is 2.75. The first-order valence-electron chi connectivity index (χ1n) is 7.62. The maximum absolute atomic E-state index is 13.0. The number of nitrogens with zero attached hydrogens (tertiary/aromatic N) is 1.